The van der Waals surface area contributed by atoms with Gasteiger partial charge in [-0.25, -0.2) is 0 Å². The summed E-state index contributed by atoms with van der Waals surface area (Å²) in [4.78, 5) is 0. The summed E-state index contributed by atoms with van der Waals surface area (Å²) in [7, 11) is 0. The van der Waals surface area contributed by atoms with Crippen molar-refractivity contribution in [1.29, 1.82) is 0 Å². The second-order valence-corrected chi connectivity index (χ2v) is 11.9. The van der Waals surface area contributed by atoms with Crippen molar-refractivity contribution in [3.8, 4) is 0 Å². The van der Waals surface area contributed by atoms with Gasteiger partial charge in [-0.2, -0.15) is 0 Å². The van der Waals surface area contributed by atoms with Crippen LogP contribution in [0.25, 0.3) is 0 Å². The predicted molar refractivity (Wildman–Crippen MR) is 111 cm³/mol. The van der Waals surface area contributed by atoms with Crippen LogP contribution in [0, 0.1) is 71.0 Å². The first-order valence-electron chi connectivity index (χ1n) is 12.7. The van der Waals surface area contributed by atoms with Crippen molar-refractivity contribution in [3.05, 3.63) is 24.3 Å². The van der Waals surface area contributed by atoms with Crippen molar-refractivity contribution in [2.45, 2.75) is 70.6 Å². The smallest absolute Gasteiger partial charge is 0.0196 e. The summed E-state index contributed by atoms with van der Waals surface area (Å²) in [6, 6.07) is 0. The highest BCUT2D eigenvalue weighted by molar-refractivity contribution is 5.16. The van der Waals surface area contributed by atoms with Gasteiger partial charge in [0.15, 0.2) is 0 Å². The van der Waals surface area contributed by atoms with Gasteiger partial charge in [0, 0.05) is 0 Å². The van der Waals surface area contributed by atoms with Crippen molar-refractivity contribution < 1.29 is 0 Å². The summed E-state index contributed by atoms with van der Waals surface area (Å²) in [5.74, 6) is 12.6. The summed E-state index contributed by atoms with van der Waals surface area (Å²) in [6.45, 7) is 0. The van der Waals surface area contributed by atoms with Crippen molar-refractivity contribution in [2.24, 2.45) is 71.0 Å². The van der Waals surface area contributed by atoms with Gasteiger partial charge in [-0.15, -0.1) is 0 Å². The molecule has 0 aliphatic heterocycles. The first-order valence-corrected chi connectivity index (χ1v) is 12.7. The molecule has 7 aliphatic carbocycles. The topological polar surface area (TPSA) is 0 Å². The van der Waals surface area contributed by atoms with E-state index in [9.17, 15) is 0 Å². The third kappa shape index (κ3) is 2.34. The molecule has 0 N–H and O–H groups in total. The van der Waals surface area contributed by atoms with E-state index in [0.717, 1.165) is 71.0 Å². The Morgan fingerprint density at radius 2 is 0.667 bits per heavy atom. The SMILES string of the molecule is C1=CC2CC1C1CCC3C4C=CC(C4)C3CCC3C4CCC(C4)C3CCC21. The molecule has 12 unspecified atom stereocenters. The molecule has 0 aromatic heterocycles. The van der Waals surface area contributed by atoms with Crippen molar-refractivity contribution >= 4 is 0 Å². The molecule has 0 aromatic carbocycles. The zero-order valence-electron chi connectivity index (χ0n) is 17.0. The Kier molecular flexibility index (Phi) is 3.62. The lowest BCUT2D eigenvalue weighted by atomic mass is 9.67. The lowest BCUT2D eigenvalue weighted by molar-refractivity contribution is 0.135. The minimum Gasteiger partial charge on any atom is -0.0848 e. The maximum absolute atomic E-state index is 2.64. The van der Waals surface area contributed by atoms with Gasteiger partial charge in [-0.3, -0.25) is 0 Å². The highest BCUT2D eigenvalue weighted by Crippen LogP contribution is 2.60. The molecule has 7 rings (SSSR count). The zero-order chi connectivity index (χ0) is 17.5. The van der Waals surface area contributed by atoms with E-state index in [1.54, 1.807) is 57.8 Å². The Hall–Kier alpha value is -0.520. The summed E-state index contributed by atoms with van der Waals surface area (Å²) < 4.78 is 0. The molecule has 0 heteroatoms. The lowest BCUT2D eigenvalue weighted by Crippen LogP contribution is -2.29. The van der Waals surface area contributed by atoms with Crippen LogP contribution in [0.4, 0.5) is 0 Å². The predicted octanol–water partition coefficient (Wildman–Crippen LogP) is 6.88. The number of rotatable bonds is 0. The largest absolute Gasteiger partial charge is 0.0848 e. The summed E-state index contributed by atoms with van der Waals surface area (Å²) in [5, 5.41) is 0. The van der Waals surface area contributed by atoms with Crippen molar-refractivity contribution in [1.82, 2.24) is 0 Å². The van der Waals surface area contributed by atoms with E-state index in [2.05, 4.69) is 24.3 Å². The first-order chi connectivity index (χ1) is 13.3. The number of allylic oxidation sites excluding steroid dienone is 4. The normalized spacial score (nSPS) is 60.1. The lowest BCUT2D eigenvalue weighted by Gasteiger charge is -2.38. The van der Waals surface area contributed by atoms with Crippen LogP contribution < -0.4 is 0 Å². The molecule has 0 aromatic rings. The molecule has 0 saturated heterocycles. The van der Waals surface area contributed by atoms with Crippen LogP contribution in [-0.4, -0.2) is 0 Å². The van der Waals surface area contributed by atoms with Crippen LogP contribution in [0.5, 0.6) is 0 Å². The first kappa shape index (κ1) is 16.3. The second kappa shape index (κ2) is 5.99. The maximum atomic E-state index is 2.64. The summed E-state index contributed by atoms with van der Waals surface area (Å²) >= 11 is 0. The van der Waals surface area contributed by atoms with Gasteiger partial charge in [0.2, 0.25) is 0 Å². The van der Waals surface area contributed by atoms with E-state index in [-0.39, 0.29) is 0 Å². The van der Waals surface area contributed by atoms with Gasteiger partial charge in [0.05, 0.1) is 0 Å². The van der Waals surface area contributed by atoms with E-state index < -0.39 is 0 Å². The Balaban J connectivity index is 1.20. The summed E-state index contributed by atoms with van der Waals surface area (Å²) in [5.41, 5.74) is 0. The Morgan fingerprint density at radius 1 is 0.333 bits per heavy atom. The van der Waals surface area contributed by atoms with Crippen LogP contribution >= 0.6 is 0 Å². The minimum absolute atomic E-state index is 0.964. The Bertz CT molecular complexity index is 601. The van der Waals surface area contributed by atoms with Crippen LogP contribution in [0.2, 0.25) is 0 Å². The highest BCUT2D eigenvalue weighted by atomic mass is 14.6. The maximum Gasteiger partial charge on any atom is -0.0196 e. The number of hydrogen-bond donors (Lipinski definition) is 0. The third-order valence-corrected chi connectivity index (χ3v) is 11.4. The van der Waals surface area contributed by atoms with Gasteiger partial charge in [0.25, 0.3) is 0 Å². The van der Waals surface area contributed by atoms with Crippen molar-refractivity contribution in [3.63, 3.8) is 0 Å². The van der Waals surface area contributed by atoms with E-state index in [4.69, 9.17) is 0 Å². The molecule has 0 amide bonds. The molecule has 0 radical (unpaired) electrons. The van der Waals surface area contributed by atoms with Crippen LogP contribution in [0.1, 0.15) is 70.6 Å². The number of hydrogen-bond acceptors (Lipinski definition) is 0. The molecule has 5 saturated carbocycles. The molecular weight excluding hydrogens is 324 g/mol. The fraction of sp³-hybridized carbons (Fsp3) is 0.852. The standard InChI is InChI=1S/C27H38/c1-2-17-13-16(1)22-7-8-24-18-3-4-20(14-18)26(24)11-12-27-21-6-5-19(15-21)25(27)10-9-23(17)22/h1-4,16-27H,5-15H2. The van der Waals surface area contributed by atoms with Gasteiger partial charge in [-0.1, -0.05) is 24.3 Å². The monoisotopic (exact) mass is 362 g/mol. The van der Waals surface area contributed by atoms with Crippen LogP contribution in [0.15, 0.2) is 24.3 Å². The van der Waals surface area contributed by atoms with Gasteiger partial charge < -0.3 is 0 Å². The minimum atomic E-state index is 0.964. The summed E-state index contributed by atoms with van der Waals surface area (Å²) in [6.07, 6.45) is 27.9. The second-order valence-electron chi connectivity index (χ2n) is 11.9. The Labute approximate surface area is 166 Å². The zero-order valence-corrected chi connectivity index (χ0v) is 17.0. The van der Waals surface area contributed by atoms with Crippen LogP contribution in [-0.2, 0) is 0 Å². The van der Waals surface area contributed by atoms with Crippen LogP contribution in [0.3, 0.4) is 0 Å². The Morgan fingerprint density at radius 3 is 1.04 bits per heavy atom. The molecule has 5 fully saturated rings. The molecular formula is C27H38. The molecule has 7 aliphatic rings. The highest BCUT2D eigenvalue weighted by Gasteiger charge is 2.51. The average molecular weight is 363 g/mol. The molecule has 27 heavy (non-hydrogen) atoms. The van der Waals surface area contributed by atoms with E-state index >= 15 is 0 Å². The molecule has 146 valence electrons. The fourth-order valence-corrected chi connectivity index (χ4v) is 10.4. The average Bonchev–Trinajstić information content (AvgIpc) is 3.48. The van der Waals surface area contributed by atoms with Gasteiger partial charge in [0.1, 0.15) is 0 Å². The van der Waals surface area contributed by atoms with Gasteiger partial charge >= 0.3 is 0 Å². The molecule has 0 heterocycles. The van der Waals surface area contributed by atoms with Crippen molar-refractivity contribution in [2.75, 3.05) is 0 Å². The van der Waals surface area contributed by atoms with E-state index in [1.165, 1.54) is 12.8 Å². The third-order valence-electron chi connectivity index (χ3n) is 11.4. The molecule has 0 spiro atoms. The van der Waals surface area contributed by atoms with Gasteiger partial charge in [-0.05, 0) is 142 Å². The quantitative estimate of drug-likeness (QED) is 0.412. The van der Waals surface area contributed by atoms with E-state index in [1.807, 2.05) is 0 Å². The molecule has 12 atom stereocenters. The molecule has 6 bridgehead atoms. The molecule has 0 nitrogen and oxygen atoms in total. The van der Waals surface area contributed by atoms with E-state index in [0.29, 0.717) is 0 Å². The fourth-order valence-electron chi connectivity index (χ4n) is 10.4. The number of fused-ring (bicyclic) bond motifs is 15.